The molecule has 0 bridgehead atoms. The summed E-state index contributed by atoms with van der Waals surface area (Å²) in [4.78, 5) is 0. The van der Waals surface area contributed by atoms with E-state index in [-0.39, 0.29) is 18.0 Å². The van der Waals surface area contributed by atoms with Gasteiger partial charge in [0.2, 0.25) is 0 Å². The fourth-order valence-corrected chi connectivity index (χ4v) is 2.52. The molecule has 21 heavy (non-hydrogen) atoms. The van der Waals surface area contributed by atoms with Gasteiger partial charge in [0.25, 0.3) is 0 Å². The number of likely N-dealkylation sites (N-methyl/N-ethyl adjacent to an activating group) is 1. The molecule has 2 aromatic rings. The molecule has 2 unspecified atom stereocenters. The third-order valence-electron chi connectivity index (χ3n) is 3.66. The zero-order valence-electron chi connectivity index (χ0n) is 12.8. The molecule has 0 aliphatic carbocycles. The van der Waals surface area contributed by atoms with Crippen LogP contribution in [0.15, 0.2) is 48.5 Å². The van der Waals surface area contributed by atoms with Crippen LogP contribution >= 0.6 is 0 Å². The molecule has 2 aromatic carbocycles. The number of hydrogen-bond acceptors (Lipinski definition) is 2. The molecule has 0 aliphatic heterocycles. The quantitative estimate of drug-likeness (QED) is 0.857. The van der Waals surface area contributed by atoms with E-state index in [4.69, 9.17) is 4.74 Å². The van der Waals surface area contributed by atoms with Crippen molar-refractivity contribution in [1.29, 1.82) is 0 Å². The van der Waals surface area contributed by atoms with Crippen LogP contribution in [0.1, 0.15) is 30.5 Å². The number of benzene rings is 2. The maximum absolute atomic E-state index is 13.2. The Labute approximate surface area is 126 Å². The lowest BCUT2D eigenvalue weighted by atomic mass is 9.99. The summed E-state index contributed by atoms with van der Waals surface area (Å²) in [5, 5.41) is 3.32. The van der Waals surface area contributed by atoms with E-state index in [0.717, 1.165) is 17.7 Å². The van der Waals surface area contributed by atoms with E-state index in [1.54, 1.807) is 6.07 Å². The minimum Gasteiger partial charge on any atom is -0.488 e. The summed E-state index contributed by atoms with van der Waals surface area (Å²) in [6.45, 7) is 3.96. The highest BCUT2D eigenvalue weighted by Gasteiger charge is 2.22. The predicted octanol–water partition coefficient (Wildman–Crippen LogP) is 4.25. The molecule has 0 saturated heterocycles. The second kappa shape index (κ2) is 7.23. The standard InChI is InChI=1S/C18H22FNO/c1-4-16(18(20-3)14-8-6-5-7-9-14)21-17-11-10-15(19)12-13(17)2/h5-12,16,18,20H,4H2,1-3H3. The Morgan fingerprint density at radius 1 is 1.14 bits per heavy atom. The van der Waals surface area contributed by atoms with Crippen LogP contribution < -0.4 is 10.1 Å². The van der Waals surface area contributed by atoms with Crippen LogP contribution in [0, 0.1) is 12.7 Å². The van der Waals surface area contributed by atoms with Crippen molar-refractivity contribution in [2.75, 3.05) is 7.05 Å². The van der Waals surface area contributed by atoms with Crippen LogP contribution in [0.2, 0.25) is 0 Å². The Balaban J connectivity index is 2.22. The Bertz CT molecular complexity index is 571. The first-order valence-corrected chi connectivity index (χ1v) is 7.30. The van der Waals surface area contributed by atoms with Gasteiger partial charge in [-0.25, -0.2) is 4.39 Å². The number of nitrogens with one attached hydrogen (secondary N) is 1. The van der Waals surface area contributed by atoms with Gasteiger partial charge in [0.15, 0.2) is 0 Å². The average Bonchev–Trinajstić information content (AvgIpc) is 2.50. The molecule has 112 valence electrons. The smallest absolute Gasteiger partial charge is 0.123 e. The van der Waals surface area contributed by atoms with Crippen molar-refractivity contribution in [1.82, 2.24) is 5.32 Å². The van der Waals surface area contributed by atoms with Gasteiger partial charge < -0.3 is 10.1 Å². The topological polar surface area (TPSA) is 21.3 Å². The van der Waals surface area contributed by atoms with E-state index in [1.807, 2.05) is 32.2 Å². The molecule has 1 N–H and O–H groups in total. The molecule has 2 atom stereocenters. The normalized spacial score (nSPS) is 13.7. The van der Waals surface area contributed by atoms with Gasteiger partial charge in [0.05, 0.1) is 6.04 Å². The van der Waals surface area contributed by atoms with Gasteiger partial charge in [-0.1, -0.05) is 37.3 Å². The first-order valence-electron chi connectivity index (χ1n) is 7.30. The summed E-state index contributed by atoms with van der Waals surface area (Å²) in [6.07, 6.45) is 0.846. The molecule has 3 heteroatoms. The highest BCUT2D eigenvalue weighted by atomic mass is 19.1. The van der Waals surface area contributed by atoms with Crippen molar-refractivity contribution < 1.29 is 9.13 Å². The lowest BCUT2D eigenvalue weighted by molar-refractivity contribution is 0.151. The Morgan fingerprint density at radius 2 is 1.86 bits per heavy atom. The highest BCUT2D eigenvalue weighted by Crippen LogP contribution is 2.26. The van der Waals surface area contributed by atoms with Gasteiger partial charge in [-0.2, -0.15) is 0 Å². The average molecular weight is 287 g/mol. The van der Waals surface area contributed by atoms with Gasteiger partial charge in [0.1, 0.15) is 17.7 Å². The van der Waals surface area contributed by atoms with Crippen molar-refractivity contribution in [2.24, 2.45) is 0 Å². The molecule has 0 aromatic heterocycles. The molecule has 0 heterocycles. The van der Waals surface area contributed by atoms with E-state index in [0.29, 0.717) is 0 Å². The van der Waals surface area contributed by atoms with Gasteiger partial charge in [-0.05, 0) is 49.7 Å². The Morgan fingerprint density at radius 3 is 2.43 bits per heavy atom. The zero-order valence-corrected chi connectivity index (χ0v) is 12.8. The third kappa shape index (κ3) is 3.82. The molecule has 0 amide bonds. The predicted molar refractivity (Wildman–Crippen MR) is 84.1 cm³/mol. The van der Waals surface area contributed by atoms with E-state index in [2.05, 4.69) is 24.4 Å². The molecule has 0 saturated carbocycles. The summed E-state index contributed by atoms with van der Waals surface area (Å²) in [5.41, 5.74) is 2.00. The van der Waals surface area contributed by atoms with Gasteiger partial charge >= 0.3 is 0 Å². The Kier molecular flexibility index (Phi) is 5.34. The van der Waals surface area contributed by atoms with Crippen molar-refractivity contribution in [3.05, 3.63) is 65.5 Å². The lowest BCUT2D eigenvalue weighted by Gasteiger charge is -2.28. The largest absolute Gasteiger partial charge is 0.488 e. The van der Waals surface area contributed by atoms with Crippen LogP contribution in [0.3, 0.4) is 0 Å². The molecule has 2 rings (SSSR count). The second-order valence-corrected chi connectivity index (χ2v) is 5.15. The summed E-state index contributed by atoms with van der Waals surface area (Å²) >= 11 is 0. The van der Waals surface area contributed by atoms with Crippen molar-refractivity contribution >= 4 is 0 Å². The van der Waals surface area contributed by atoms with Crippen molar-refractivity contribution in [2.45, 2.75) is 32.4 Å². The molecule has 0 spiro atoms. The summed E-state index contributed by atoms with van der Waals surface area (Å²) < 4.78 is 19.3. The molecule has 0 aliphatic rings. The molecular weight excluding hydrogens is 265 g/mol. The molecule has 2 nitrogen and oxygen atoms in total. The minimum atomic E-state index is -0.235. The fourth-order valence-electron chi connectivity index (χ4n) is 2.52. The molecular formula is C18H22FNO. The van der Waals surface area contributed by atoms with Crippen LogP contribution in [0.5, 0.6) is 5.75 Å². The van der Waals surface area contributed by atoms with E-state index in [1.165, 1.54) is 17.7 Å². The number of hydrogen-bond donors (Lipinski definition) is 1. The number of rotatable bonds is 6. The van der Waals surface area contributed by atoms with Crippen molar-refractivity contribution in [3.8, 4) is 5.75 Å². The number of aryl methyl sites for hydroxylation is 1. The minimum absolute atomic E-state index is 0.0124. The monoisotopic (exact) mass is 287 g/mol. The van der Waals surface area contributed by atoms with E-state index >= 15 is 0 Å². The molecule has 0 radical (unpaired) electrons. The number of ether oxygens (including phenoxy) is 1. The van der Waals surface area contributed by atoms with Crippen LogP contribution in [0.25, 0.3) is 0 Å². The second-order valence-electron chi connectivity index (χ2n) is 5.15. The van der Waals surface area contributed by atoms with E-state index in [9.17, 15) is 4.39 Å². The first-order chi connectivity index (χ1) is 10.2. The van der Waals surface area contributed by atoms with Gasteiger partial charge in [0, 0.05) is 0 Å². The van der Waals surface area contributed by atoms with Crippen LogP contribution in [-0.4, -0.2) is 13.2 Å². The maximum atomic E-state index is 13.2. The van der Waals surface area contributed by atoms with Crippen LogP contribution in [0.4, 0.5) is 4.39 Å². The lowest BCUT2D eigenvalue weighted by Crippen LogP contribution is -2.33. The third-order valence-corrected chi connectivity index (χ3v) is 3.66. The van der Waals surface area contributed by atoms with E-state index < -0.39 is 0 Å². The SMILES string of the molecule is CCC(Oc1ccc(F)cc1C)C(NC)c1ccccc1. The van der Waals surface area contributed by atoms with Gasteiger partial charge in [-0.15, -0.1) is 0 Å². The van der Waals surface area contributed by atoms with Crippen LogP contribution in [-0.2, 0) is 0 Å². The summed E-state index contributed by atoms with van der Waals surface area (Å²) in [5.74, 6) is 0.501. The molecule has 0 fully saturated rings. The summed E-state index contributed by atoms with van der Waals surface area (Å²) in [7, 11) is 1.93. The number of halogens is 1. The first kappa shape index (κ1) is 15.5. The van der Waals surface area contributed by atoms with Crippen molar-refractivity contribution in [3.63, 3.8) is 0 Å². The zero-order chi connectivity index (χ0) is 15.2. The maximum Gasteiger partial charge on any atom is 0.123 e. The fraction of sp³-hybridized carbons (Fsp3) is 0.333. The van der Waals surface area contributed by atoms with Gasteiger partial charge in [-0.3, -0.25) is 0 Å². The Hall–Kier alpha value is -1.87. The summed E-state index contributed by atoms with van der Waals surface area (Å²) in [6, 6.07) is 15.0. The highest BCUT2D eigenvalue weighted by molar-refractivity contribution is 5.33.